The van der Waals surface area contributed by atoms with Crippen molar-refractivity contribution in [1.82, 2.24) is 4.31 Å². The molecule has 1 saturated heterocycles. The van der Waals surface area contributed by atoms with E-state index in [0.29, 0.717) is 10.8 Å². The maximum Gasteiger partial charge on any atom is 0.0752 e. The summed E-state index contributed by atoms with van der Waals surface area (Å²) in [5.41, 5.74) is 1.14. The fourth-order valence-electron chi connectivity index (χ4n) is 2.46. The quantitative estimate of drug-likeness (QED) is 0.866. The van der Waals surface area contributed by atoms with Crippen molar-refractivity contribution >= 4 is 10.8 Å². The zero-order valence-corrected chi connectivity index (χ0v) is 12.0. The van der Waals surface area contributed by atoms with Gasteiger partial charge in [0.15, 0.2) is 0 Å². The third-order valence-corrected chi connectivity index (χ3v) is 5.71. The van der Waals surface area contributed by atoms with E-state index < -0.39 is 10.8 Å². The standard InChI is InChI=1S/C14H23NO2S/c1-3-13-5-4-10-15(11-13)18(16,17)14-8-6-12(2)7-9-14/h6-9,13,16-17H,3-5,10-11H2,1-2H3. The topological polar surface area (TPSA) is 43.7 Å². The van der Waals surface area contributed by atoms with Crippen LogP contribution in [0.3, 0.4) is 0 Å². The average molecular weight is 269 g/mol. The number of aryl methyl sites for hydroxylation is 1. The van der Waals surface area contributed by atoms with Crippen LogP contribution < -0.4 is 0 Å². The SMILES string of the molecule is CCC1CCCN(S(O)(O)c2ccc(C)cc2)C1. The van der Waals surface area contributed by atoms with Gasteiger partial charge in [0.2, 0.25) is 0 Å². The third kappa shape index (κ3) is 2.88. The van der Waals surface area contributed by atoms with Crippen molar-refractivity contribution in [3.05, 3.63) is 29.8 Å². The molecule has 0 saturated carbocycles. The van der Waals surface area contributed by atoms with Gasteiger partial charge in [0.25, 0.3) is 0 Å². The molecule has 2 N–H and O–H groups in total. The summed E-state index contributed by atoms with van der Waals surface area (Å²) in [6.45, 7) is 5.76. The molecule has 4 heteroatoms. The number of nitrogens with zero attached hydrogens (tertiary/aromatic N) is 1. The van der Waals surface area contributed by atoms with Gasteiger partial charge in [-0.15, -0.1) is 10.8 Å². The van der Waals surface area contributed by atoms with Crippen LogP contribution in [0.2, 0.25) is 0 Å². The Bertz CT molecular complexity index is 391. The molecule has 0 amide bonds. The Hall–Kier alpha value is -0.550. The van der Waals surface area contributed by atoms with Crippen LogP contribution in [0.1, 0.15) is 31.7 Å². The average Bonchev–Trinajstić information content (AvgIpc) is 2.39. The highest BCUT2D eigenvalue weighted by atomic mass is 32.3. The molecule has 0 radical (unpaired) electrons. The monoisotopic (exact) mass is 269 g/mol. The van der Waals surface area contributed by atoms with Crippen molar-refractivity contribution in [2.24, 2.45) is 5.92 Å². The normalized spacial score (nSPS) is 23.0. The van der Waals surface area contributed by atoms with E-state index in [0.717, 1.165) is 31.5 Å². The third-order valence-electron chi connectivity index (χ3n) is 3.76. The van der Waals surface area contributed by atoms with Crippen LogP contribution in [0, 0.1) is 12.8 Å². The number of benzene rings is 1. The predicted octanol–water partition coefficient (Wildman–Crippen LogP) is 4.14. The molecule has 1 fully saturated rings. The van der Waals surface area contributed by atoms with E-state index in [-0.39, 0.29) is 0 Å². The van der Waals surface area contributed by atoms with Gasteiger partial charge in [0.05, 0.1) is 4.90 Å². The van der Waals surface area contributed by atoms with E-state index in [1.165, 1.54) is 6.42 Å². The van der Waals surface area contributed by atoms with Gasteiger partial charge < -0.3 is 0 Å². The van der Waals surface area contributed by atoms with Crippen molar-refractivity contribution in [3.8, 4) is 0 Å². The predicted molar refractivity (Wildman–Crippen MR) is 76.9 cm³/mol. The number of hydrogen-bond donors (Lipinski definition) is 2. The Labute approximate surface area is 111 Å². The summed E-state index contributed by atoms with van der Waals surface area (Å²) in [5.74, 6) is 0.593. The van der Waals surface area contributed by atoms with Crippen molar-refractivity contribution in [1.29, 1.82) is 0 Å². The number of hydrogen-bond acceptors (Lipinski definition) is 3. The first-order valence-electron chi connectivity index (χ1n) is 6.64. The highest BCUT2D eigenvalue weighted by Crippen LogP contribution is 2.52. The first kappa shape index (κ1) is 13.9. The van der Waals surface area contributed by atoms with E-state index in [2.05, 4.69) is 6.92 Å². The van der Waals surface area contributed by atoms with Crippen LogP contribution >= 0.6 is 10.8 Å². The summed E-state index contributed by atoms with van der Waals surface area (Å²) in [6, 6.07) is 7.54. The van der Waals surface area contributed by atoms with Crippen molar-refractivity contribution in [2.45, 2.75) is 38.0 Å². The molecule has 1 aromatic carbocycles. The van der Waals surface area contributed by atoms with Crippen LogP contribution in [0.25, 0.3) is 0 Å². The molecule has 0 aromatic heterocycles. The first-order valence-corrected chi connectivity index (χ1v) is 8.14. The van der Waals surface area contributed by atoms with Crippen LogP contribution in [0.5, 0.6) is 0 Å². The summed E-state index contributed by atoms with van der Waals surface area (Å²) in [4.78, 5) is 0.643. The Kier molecular flexibility index (Phi) is 4.33. The van der Waals surface area contributed by atoms with Gasteiger partial charge in [-0.25, -0.2) is 4.31 Å². The summed E-state index contributed by atoms with van der Waals surface area (Å²) in [7, 11) is -2.79. The molecule has 1 aliphatic heterocycles. The molecule has 102 valence electrons. The van der Waals surface area contributed by atoms with E-state index in [9.17, 15) is 9.11 Å². The fourth-order valence-corrected chi connectivity index (χ4v) is 4.06. The van der Waals surface area contributed by atoms with Gasteiger partial charge in [0, 0.05) is 13.1 Å². The molecule has 1 aromatic rings. The van der Waals surface area contributed by atoms with Crippen LogP contribution in [0.4, 0.5) is 0 Å². The molecule has 0 bridgehead atoms. The van der Waals surface area contributed by atoms with Crippen LogP contribution in [0.15, 0.2) is 29.2 Å². The van der Waals surface area contributed by atoms with Crippen molar-refractivity contribution < 1.29 is 9.11 Å². The summed E-state index contributed by atoms with van der Waals surface area (Å²) in [6.07, 6.45) is 3.37. The van der Waals surface area contributed by atoms with Gasteiger partial charge in [-0.2, -0.15) is 0 Å². The minimum Gasteiger partial charge on any atom is -0.281 e. The molecule has 0 spiro atoms. The lowest BCUT2D eigenvalue weighted by Gasteiger charge is -2.46. The summed E-state index contributed by atoms with van der Waals surface area (Å²) < 4.78 is 22.8. The number of piperidine rings is 1. The lowest BCUT2D eigenvalue weighted by atomic mass is 9.97. The Balaban J connectivity index is 2.16. The zero-order chi connectivity index (χ0) is 13.2. The van der Waals surface area contributed by atoms with Gasteiger partial charge in [-0.05, 0) is 37.8 Å². The van der Waals surface area contributed by atoms with Gasteiger partial charge >= 0.3 is 0 Å². The molecule has 1 aliphatic rings. The minimum absolute atomic E-state index is 0.593. The maximum atomic E-state index is 10.5. The van der Waals surface area contributed by atoms with Crippen LogP contribution in [-0.2, 0) is 0 Å². The van der Waals surface area contributed by atoms with Crippen molar-refractivity contribution in [2.75, 3.05) is 13.1 Å². The lowest BCUT2D eigenvalue weighted by Crippen LogP contribution is -2.37. The molecule has 0 aliphatic carbocycles. The highest BCUT2D eigenvalue weighted by molar-refractivity contribution is 8.22. The first-order chi connectivity index (χ1) is 8.54. The molecular formula is C14H23NO2S. The van der Waals surface area contributed by atoms with E-state index in [1.807, 2.05) is 35.5 Å². The molecule has 1 atom stereocenters. The Morgan fingerprint density at radius 3 is 2.56 bits per heavy atom. The highest BCUT2D eigenvalue weighted by Gasteiger charge is 2.29. The second-order valence-corrected chi connectivity index (χ2v) is 7.16. The summed E-state index contributed by atoms with van der Waals surface area (Å²) >= 11 is 0. The molecule has 1 heterocycles. The Morgan fingerprint density at radius 1 is 1.28 bits per heavy atom. The molecule has 2 rings (SSSR count). The molecule has 18 heavy (non-hydrogen) atoms. The Morgan fingerprint density at radius 2 is 1.94 bits per heavy atom. The lowest BCUT2D eigenvalue weighted by molar-refractivity contribution is 0.239. The summed E-state index contributed by atoms with van der Waals surface area (Å²) in [5, 5.41) is 0. The fraction of sp³-hybridized carbons (Fsp3) is 0.571. The molecular weight excluding hydrogens is 246 g/mol. The van der Waals surface area contributed by atoms with E-state index in [1.54, 1.807) is 0 Å². The molecule has 3 nitrogen and oxygen atoms in total. The minimum atomic E-state index is -2.79. The van der Waals surface area contributed by atoms with Gasteiger partial charge in [0.1, 0.15) is 0 Å². The van der Waals surface area contributed by atoms with E-state index in [4.69, 9.17) is 0 Å². The van der Waals surface area contributed by atoms with E-state index >= 15 is 0 Å². The van der Waals surface area contributed by atoms with Gasteiger partial charge in [-0.3, -0.25) is 9.11 Å². The molecule has 1 unspecified atom stereocenters. The van der Waals surface area contributed by atoms with Gasteiger partial charge in [-0.1, -0.05) is 31.0 Å². The maximum absolute atomic E-state index is 10.5. The number of rotatable bonds is 3. The van der Waals surface area contributed by atoms with Crippen molar-refractivity contribution in [3.63, 3.8) is 0 Å². The second-order valence-electron chi connectivity index (χ2n) is 5.14. The largest absolute Gasteiger partial charge is 0.281 e. The zero-order valence-electron chi connectivity index (χ0n) is 11.2. The smallest absolute Gasteiger partial charge is 0.0752 e. The van der Waals surface area contributed by atoms with Crippen LogP contribution in [-0.4, -0.2) is 26.5 Å². The second kappa shape index (κ2) is 5.61.